The lowest BCUT2D eigenvalue weighted by atomic mass is 10.1. The van der Waals surface area contributed by atoms with Gasteiger partial charge in [0.15, 0.2) is 0 Å². The minimum Gasteiger partial charge on any atom is -0.489 e. The first-order valence-electron chi connectivity index (χ1n) is 6.73. The normalized spacial score (nSPS) is 12.2. The molecule has 0 saturated carbocycles. The Bertz CT molecular complexity index is 519. The van der Waals surface area contributed by atoms with Gasteiger partial charge >= 0.3 is 0 Å². The van der Waals surface area contributed by atoms with Crippen molar-refractivity contribution in [1.29, 1.82) is 0 Å². The molecule has 0 saturated heterocycles. The average molecular weight is 255 g/mol. The number of nitrogens with two attached hydrogens (primary N) is 1. The fraction of sp³-hybridized carbons (Fsp3) is 0.294. The van der Waals surface area contributed by atoms with E-state index in [9.17, 15) is 0 Å². The number of aryl methyl sites for hydroxylation is 1. The maximum Gasteiger partial charge on any atom is 0.119 e. The van der Waals surface area contributed by atoms with Gasteiger partial charge < -0.3 is 10.5 Å². The van der Waals surface area contributed by atoms with Crippen LogP contribution in [0.3, 0.4) is 0 Å². The first kappa shape index (κ1) is 13.6. The van der Waals surface area contributed by atoms with Crippen LogP contribution in [0.2, 0.25) is 0 Å². The van der Waals surface area contributed by atoms with Crippen molar-refractivity contribution in [3.05, 3.63) is 65.2 Å². The first-order chi connectivity index (χ1) is 9.19. The zero-order chi connectivity index (χ0) is 13.7. The van der Waals surface area contributed by atoms with E-state index in [1.807, 2.05) is 24.3 Å². The Hall–Kier alpha value is -1.80. The molecule has 2 aromatic rings. The molecule has 0 amide bonds. The van der Waals surface area contributed by atoms with E-state index in [0.29, 0.717) is 6.61 Å². The second-order valence-electron chi connectivity index (χ2n) is 4.86. The molecule has 0 aliphatic heterocycles. The van der Waals surface area contributed by atoms with Gasteiger partial charge in [0, 0.05) is 6.04 Å². The Balaban J connectivity index is 1.96. The van der Waals surface area contributed by atoms with Crippen molar-refractivity contribution >= 4 is 0 Å². The van der Waals surface area contributed by atoms with E-state index in [1.54, 1.807) is 0 Å². The molecule has 2 aromatic carbocycles. The van der Waals surface area contributed by atoms with Crippen LogP contribution < -0.4 is 10.5 Å². The van der Waals surface area contributed by atoms with Gasteiger partial charge in [0.2, 0.25) is 0 Å². The predicted molar refractivity (Wildman–Crippen MR) is 79.2 cm³/mol. The summed E-state index contributed by atoms with van der Waals surface area (Å²) in [6, 6.07) is 16.5. The second kappa shape index (κ2) is 6.39. The number of hydrogen-bond acceptors (Lipinski definition) is 2. The Morgan fingerprint density at radius 3 is 2.47 bits per heavy atom. The fourth-order valence-electron chi connectivity index (χ4n) is 2.02. The molecule has 1 atom stereocenters. The topological polar surface area (TPSA) is 35.2 Å². The van der Waals surface area contributed by atoms with Gasteiger partial charge in [0.05, 0.1) is 0 Å². The number of benzene rings is 2. The van der Waals surface area contributed by atoms with Gasteiger partial charge in [0.1, 0.15) is 12.4 Å². The van der Waals surface area contributed by atoms with Crippen molar-refractivity contribution in [2.24, 2.45) is 5.73 Å². The van der Waals surface area contributed by atoms with Crippen LogP contribution in [0.15, 0.2) is 48.5 Å². The molecule has 0 aliphatic rings. The number of ether oxygens (including phenoxy) is 1. The molecular weight excluding hydrogens is 234 g/mol. The standard InChI is InChI=1S/C17H21NO/c1-3-17(18)15-7-9-16(10-8-15)19-12-14-6-4-5-13(2)11-14/h4-11,17H,3,12,18H2,1-2H3/t17-/m1/s1. The molecule has 19 heavy (non-hydrogen) atoms. The average Bonchev–Trinajstić information content (AvgIpc) is 2.45. The highest BCUT2D eigenvalue weighted by Crippen LogP contribution is 2.19. The number of hydrogen-bond donors (Lipinski definition) is 1. The van der Waals surface area contributed by atoms with E-state index < -0.39 is 0 Å². The lowest BCUT2D eigenvalue weighted by Crippen LogP contribution is -2.08. The van der Waals surface area contributed by atoms with E-state index in [4.69, 9.17) is 10.5 Å². The summed E-state index contributed by atoms with van der Waals surface area (Å²) in [5.41, 5.74) is 9.59. The van der Waals surface area contributed by atoms with E-state index in [0.717, 1.165) is 17.7 Å². The minimum absolute atomic E-state index is 0.117. The molecule has 0 fully saturated rings. The lowest BCUT2D eigenvalue weighted by molar-refractivity contribution is 0.306. The monoisotopic (exact) mass is 255 g/mol. The molecule has 0 heterocycles. The molecule has 0 aromatic heterocycles. The Morgan fingerprint density at radius 1 is 1.11 bits per heavy atom. The van der Waals surface area contributed by atoms with Gasteiger partial charge in [-0.1, -0.05) is 48.9 Å². The summed E-state index contributed by atoms with van der Waals surface area (Å²) in [5.74, 6) is 0.883. The summed E-state index contributed by atoms with van der Waals surface area (Å²) in [5, 5.41) is 0. The van der Waals surface area contributed by atoms with Crippen LogP contribution in [-0.2, 0) is 6.61 Å². The molecule has 0 aliphatic carbocycles. The fourth-order valence-corrected chi connectivity index (χ4v) is 2.02. The van der Waals surface area contributed by atoms with Crippen LogP contribution in [0.25, 0.3) is 0 Å². The van der Waals surface area contributed by atoms with Gasteiger partial charge in [0.25, 0.3) is 0 Å². The van der Waals surface area contributed by atoms with Crippen molar-refractivity contribution < 1.29 is 4.74 Å². The molecule has 0 radical (unpaired) electrons. The molecule has 100 valence electrons. The summed E-state index contributed by atoms with van der Waals surface area (Å²) < 4.78 is 5.77. The van der Waals surface area contributed by atoms with Crippen LogP contribution in [-0.4, -0.2) is 0 Å². The molecule has 0 unspecified atom stereocenters. The maximum atomic E-state index is 5.99. The van der Waals surface area contributed by atoms with Gasteiger partial charge in [-0.05, 0) is 36.6 Å². The van der Waals surface area contributed by atoms with Gasteiger partial charge in [-0.3, -0.25) is 0 Å². The molecular formula is C17H21NO. The summed E-state index contributed by atoms with van der Waals surface area (Å²) in [7, 11) is 0. The Labute approximate surface area is 115 Å². The molecule has 2 heteroatoms. The van der Waals surface area contributed by atoms with Crippen molar-refractivity contribution in [3.63, 3.8) is 0 Å². The zero-order valence-electron chi connectivity index (χ0n) is 11.6. The first-order valence-corrected chi connectivity index (χ1v) is 6.73. The van der Waals surface area contributed by atoms with E-state index in [-0.39, 0.29) is 6.04 Å². The van der Waals surface area contributed by atoms with Crippen molar-refractivity contribution in [2.75, 3.05) is 0 Å². The molecule has 2 rings (SSSR count). The highest BCUT2D eigenvalue weighted by atomic mass is 16.5. The van der Waals surface area contributed by atoms with Crippen LogP contribution in [0, 0.1) is 6.92 Å². The summed E-state index contributed by atoms with van der Waals surface area (Å²) in [6.07, 6.45) is 0.948. The quantitative estimate of drug-likeness (QED) is 0.877. The largest absolute Gasteiger partial charge is 0.489 e. The molecule has 0 bridgehead atoms. The minimum atomic E-state index is 0.117. The van der Waals surface area contributed by atoms with Crippen LogP contribution in [0.1, 0.15) is 36.1 Å². The third-order valence-electron chi connectivity index (χ3n) is 3.24. The van der Waals surface area contributed by atoms with Gasteiger partial charge in [-0.15, -0.1) is 0 Å². The number of rotatable bonds is 5. The third-order valence-corrected chi connectivity index (χ3v) is 3.24. The van der Waals surface area contributed by atoms with E-state index in [2.05, 4.69) is 38.1 Å². The smallest absolute Gasteiger partial charge is 0.119 e. The molecule has 2 nitrogen and oxygen atoms in total. The lowest BCUT2D eigenvalue weighted by Gasteiger charge is -2.11. The van der Waals surface area contributed by atoms with Crippen LogP contribution in [0.5, 0.6) is 5.75 Å². The maximum absolute atomic E-state index is 5.99. The van der Waals surface area contributed by atoms with Gasteiger partial charge in [-0.25, -0.2) is 0 Å². The van der Waals surface area contributed by atoms with Crippen molar-refractivity contribution in [2.45, 2.75) is 32.9 Å². The van der Waals surface area contributed by atoms with Crippen molar-refractivity contribution in [1.82, 2.24) is 0 Å². The summed E-state index contributed by atoms with van der Waals surface area (Å²) in [4.78, 5) is 0. The Kier molecular flexibility index (Phi) is 4.58. The van der Waals surface area contributed by atoms with Gasteiger partial charge in [-0.2, -0.15) is 0 Å². The highest BCUT2D eigenvalue weighted by Gasteiger charge is 2.03. The summed E-state index contributed by atoms with van der Waals surface area (Å²) in [6.45, 7) is 4.78. The third kappa shape index (κ3) is 3.83. The molecule has 2 N–H and O–H groups in total. The Morgan fingerprint density at radius 2 is 1.84 bits per heavy atom. The zero-order valence-corrected chi connectivity index (χ0v) is 11.6. The predicted octanol–water partition coefficient (Wildman–Crippen LogP) is 3.98. The second-order valence-corrected chi connectivity index (χ2v) is 4.86. The van der Waals surface area contributed by atoms with E-state index in [1.165, 1.54) is 11.1 Å². The summed E-state index contributed by atoms with van der Waals surface area (Å²) >= 11 is 0. The molecule has 0 spiro atoms. The SMILES string of the molecule is CC[C@@H](N)c1ccc(OCc2cccc(C)c2)cc1. The van der Waals surface area contributed by atoms with Crippen molar-refractivity contribution in [3.8, 4) is 5.75 Å². The van der Waals surface area contributed by atoms with Crippen LogP contribution >= 0.6 is 0 Å². The van der Waals surface area contributed by atoms with E-state index >= 15 is 0 Å². The van der Waals surface area contributed by atoms with Crippen LogP contribution in [0.4, 0.5) is 0 Å². The highest BCUT2D eigenvalue weighted by molar-refractivity contribution is 5.29.